The van der Waals surface area contributed by atoms with Gasteiger partial charge in [-0.15, -0.1) is 5.10 Å². The second-order valence-electron chi connectivity index (χ2n) is 6.51. The summed E-state index contributed by atoms with van der Waals surface area (Å²) in [6.07, 6.45) is 0. The molecule has 0 unspecified atom stereocenters. The summed E-state index contributed by atoms with van der Waals surface area (Å²) in [5.74, 6) is 0.0299. The predicted molar refractivity (Wildman–Crippen MR) is 111 cm³/mol. The fourth-order valence-corrected chi connectivity index (χ4v) is 4.14. The Labute approximate surface area is 170 Å². The lowest BCUT2D eigenvalue weighted by Gasteiger charge is -2.34. The maximum absolute atomic E-state index is 13.0. The molecule has 0 spiro atoms. The molecule has 0 atom stereocenters. The third kappa shape index (κ3) is 4.26. The van der Waals surface area contributed by atoms with Crippen molar-refractivity contribution < 1.29 is 4.79 Å². The maximum Gasteiger partial charge on any atom is 0.267 e. The molecule has 0 N–H and O–H groups in total. The van der Waals surface area contributed by atoms with Crippen molar-refractivity contribution in [3.05, 3.63) is 69.5 Å². The van der Waals surface area contributed by atoms with E-state index in [0.717, 1.165) is 42.8 Å². The Balaban J connectivity index is 1.42. The predicted octanol–water partition coefficient (Wildman–Crippen LogP) is 3.93. The molecule has 27 heavy (non-hydrogen) atoms. The summed E-state index contributed by atoms with van der Waals surface area (Å²) in [5, 5.41) is 4.20. The first-order valence-corrected chi connectivity index (χ1v) is 10.4. The summed E-state index contributed by atoms with van der Waals surface area (Å²) >= 11 is 4.61. The number of piperazine rings is 1. The normalized spacial score (nSPS) is 15.1. The van der Waals surface area contributed by atoms with Crippen molar-refractivity contribution in [1.82, 2.24) is 19.4 Å². The molecule has 0 radical (unpaired) electrons. The third-order valence-electron chi connectivity index (χ3n) is 4.71. The largest absolute Gasteiger partial charge is 0.335 e. The molecule has 0 aliphatic carbocycles. The third-order valence-corrected chi connectivity index (χ3v) is 5.95. The van der Waals surface area contributed by atoms with E-state index in [2.05, 4.69) is 54.7 Å². The number of carbonyl (C=O) groups excluding carboxylic acids is 1. The second-order valence-corrected chi connectivity index (χ2v) is 8.18. The minimum absolute atomic E-state index is 0.0299. The van der Waals surface area contributed by atoms with Gasteiger partial charge in [0, 0.05) is 42.8 Å². The average molecular weight is 443 g/mol. The number of aromatic nitrogens is 2. The average Bonchev–Trinajstić information content (AvgIpc) is 3.19. The molecule has 2 aromatic carbocycles. The molecule has 4 rings (SSSR count). The van der Waals surface area contributed by atoms with Crippen LogP contribution in [0.15, 0.2) is 59.1 Å². The van der Waals surface area contributed by atoms with Gasteiger partial charge in [-0.1, -0.05) is 62.9 Å². The molecule has 1 aliphatic rings. The van der Waals surface area contributed by atoms with Gasteiger partial charge in [-0.25, -0.2) is 0 Å². The molecule has 1 saturated heterocycles. The first kappa shape index (κ1) is 18.3. The molecule has 1 fully saturated rings. The molecule has 0 saturated carbocycles. The van der Waals surface area contributed by atoms with Gasteiger partial charge in [0.05, 0.1) is 0 Å². The van der Waals surface area contributed by atoms with Crippen LogP contribution in [0.4, 0.5) is 0 Å². The van der Waals surface area contributed by atoms with Crippen LogP contribution in [0, 0.1) is 0 Å². The number of hydrogen-bond acceptors (Lipinski definition) is 5. The first-order chi connectivity index (χ1) is 13.2. The van der Waals surface area contributed by atoms with Crippen LogP contribution >= 0.6 is 27.5 Å². The molecule has 1 aliphatic heterocycles. The van der Waals surface area contributed by atoms with Gasteiger partial charge in [-0.05, 0) is 29.2 Å². The van der Waals surface area contributed by atoms with E-state index >= 15 is 0 Å². The smallest absolute Gasteiger partial charge is 0.267 e. The lowest BCUT2D eigenvalue weighted by Crippen LogP contribution is -2.48. The van der Waals surface area contributed by atoms with Crippen molar-refractivity contribution >= 4 is 33.4 Å². The van der Waals surface area contributed by atoms with Crippen LogP contribution in [0.25, 0.3) is 11.3 Å². The van der Waals surface area contributed by atoms with Crippen LogP contribution in [-0.2, 0) is 6.54 Å². The lowest BCUT2D eigenvalue weighted by molar-refractivity contribution is 0.0633. The zero-order valence-corrected chi connectivity index (χ0v) is 17.1. The van der Waals surface area contributed by atoms with Crippen LogP contribution in [0.3, 0.4) is 0 Å². The van der Waals surface area contributed by atoms with Crippen molar-refractivity contribution in [2.45, 2.75) is 6.54 Å². The van der Waals surface area contributed by atoms with Crippen LogP contribution in [0.2, 0.25) is 0 Å². The first-order valence-electron chi connectivity index (χ1n) is 8.84. The summed E-state index contributed by atoms with van der Waals surface area (Å²) in [6.45, 7) is 4.13. The number of nitrogens with zero attached hydrogens (tertiary/aromatic N) is 4. The molecule has 1 amide bonds. The van der Waals surface area contributed by atoms with E-state index in [4.69, 9.17) is 0 Å². The topological polar surface area (TPSA) is 49.3 Å². The molecule has 138 valence electrons. The summed E-state index contributed by atoms with van der Waals surface area (Å²) in [6, 6.07) is 18.3. The summed E-state index contributed by atoms with van der Waals surface area (Å²) in [7, 11) is 0. The number of amides is 1. The minimum atomic E-state index is 0.0299. The van der Waals surface area contributed by atoms with Gasteiger partial charge in [0.25, 0.3) is 5.91 Å². The fraction of sp³-hybridized carbons (Fsp3) is 0.250. The van der Waals surface area contributed by atoms with Gasteiger partial charge in [0.1, 0.15) is 10.6 Å². The Kier molecular flexibility index (Phi) is 5.61. The Morgan fingerprint density at radius 1 is 1.00 bits per heavy atom. The molecule has 0 bridgehead atoms. The summed E-state index contributed by atoms with van der Waals surface area (Å²) in [4.78, 5) is 17.9. The van der Waals surface area contributed by atoms with Gasteiger partial charge in [-0.3, -0.25) is 9.69 Å². The standard InChI is InChI=1S/C20H19BrN4OS/c21-17-8-6-16(7-9-17)18-19(27-23-22-18)20(26)25-12-10-24(11-13-25)14-15-4-2-1-3-5-15/h1-9H,10-14H2. The second kappa shape index (κ2) is 8.29. The van der Waals surface area contributed by atoms with Gasteiger partial charge in [0.15, 0.2) is 0 Å². The van der Waals surface area contributed by atoms with E-state index in [-0.39, 0.29) is 5.91 Å². The SMILES string of the molecule is O=C(c1snnc1-c1ccc(Br)cc1)N1CCN(Cc2ccccc2)CC1. The quantitative estimate of drug-likeness (QED) is 0.614. The molecule has 1 aromatic heterocycles. The van der Waals surface area contributed by atoms with Crippen molar-refractivity contribution in [3.63, 3.8) is 0 Å². The molecule has 5 nitrogen and oxygen atoms in total. The number of hydrogen-bond donors (Lipinski definition) is 0. The van der Waals surface area contributed by atoms with Crippen molar-refractivity contribution in [2.24, 2.45) is 0 Å². The Morgan fingerprint density at radius 3 is 2.41 bits per heavy atom. The Morgan fingerprint density at radius 2 is 1.70 bits per heavy atom. The number of carbonyl (C=O) groups is 1. The molecule has 2 heterocycles. The monoisotopic (exact) mass is 442 g/mol. The zero-order chi connectivity index (χ0) is 18.6. The van der Waals surface area contributed by atoms with Gasteiger partial charge in [0.2, 0.25) is 0 Å². The minimum Gasteiger partial charge on any atom is -0.335 e. The van der Waals surface area contributed by atoms with Crippen molar-refractivity contribution in [1.29, 1.82) is 0 Å². The Hall–Kier alpha value is -2.09. The maximum atomic E-state index is 13.0. The van der Waals surface area contributed by atoms with Gasteiger partial charge >= 0.3 is 0 Å². The van der Waals surface area contributed by atoms with Crippen LogP contribution in [0.1, 0.15) is 15.2 Å². The molecule has 3 aromatic rings. The number of halogens is 1. The van der Waals surface area contributed by atoms with E-state index in [1.54, 1.807) is 0 Å². The molecule has 7 heteroatoms. The number of benzene rings is 2. The fourth-order valence-electron chi connectivity index (χ4n) is 3.22. The highest BCUT2D eigenvalue weighted by Gasteiger charge is 2.26. The van der Waals surface area contributed by atoms with Gasteiger partial charge < -0.3 is 4.90 Å². The van der Waals surface area contributed by atoms with E-state index in [1.165, 1.54) is 17.1 Å². The van der Waals surface area contributed by atoms with Gasteiger partial charge in [-0.2, -0.15) is 0 Å². The van der Waals surface area contributed by atoms with E-state index < -0.39 is 0 Å². The van der Waals surface area contributed by atoms with Crippen LogP contribution < -0.4 is 0 Å². The van der Waals surface area contributed by atoms with Crippen molar-refractivity contribution in [3.8, 4) is 11.3 Å². The highest BCUT2D eigenvalue weighted by molar-refractivity contribution is 9.10. The Bertz CT molecular complexity index is 905. The lowest BCUT2D eigenvalue weighted by atomic mass is 10.1. The summed E-state index contributed by atoms with van der Waals surface area (Å²) in [5.41, 5.74) is 2.89. The van der Waals surface area contributed by atoms with Crippen LogP contribution in [0.5, 0.6) is 0 Å². The van der Waals surface area contributed by atoms with Crippen LogP contribution in [-0.4, -0.2) is 51.5 Å². The number of rotatable bonds is 4. The van der Waals surface area contributed by atoms with E-state index in [9.17, 15) is 4.79 Å². The summed E-state index contributed by atoms with van der Waals surface area (Å²) < 4.78 is 5.03. The van der Waals surface area contributed by atoms with E-state index in [0.29, 0.717) is 10.6 Å². The molecular weight excluding hydrogens is 424 g/mol. The van der Waals surface area contributed by atoms with E-state index in [1.807, 2.05) is 35.2 Å². The molecular formula is C20H19BrN4OS. The highest BCUT2D eigenvalue weighted by Crippen LogP contribution is 2.27. The zero-order valence-electron chi connectivity index (χ0n) is 14.7. The van der Waals surface area contributed by atoms with Crippen molar-refractivity contribution in [2.75, 3.05) is 26.2 Å². The highest BCUT2D eigenvalue weighted by atomic mass is 79.9.